The third-order valence-electron chi connectivity index (χ3n) is 2.40. The maximum absolute atomic E-state index is 13.4. The second kappa shape index (κ2) is 5.81. The molecular weight excluding hydrogens is 261 g/mol. The van der Waals surface area contributed by atoms with Crippen molar-refractivity contribution in [1.29, 1.82) is 0 Å². The van der Waals surface area contributed by atoms with Crippen LogP contribution in [0.25, 0.3) is 0 Å². The Morgan fingerprint density at radius 2 is 2.11 bits per heavy atom. The van der Waals surface area contributed by atoms with Gasteiger partial charge in [-0.05, 0) is 12.1 Å². The molecule has 0 spiro atoms. The van der Waals surface area contributed by atoms with E-state index in [1.54, 1.807) is 0 Å². The molecule has 0 saturated heterocycles. The maximum atomic E-state index is 13.4. The van der Waals surface area contributed by atoms with Crippen molar-refractivity contribution in [2.24, 2.45) is 0 Å². The van der Waals surface area contributed by atoms with Crippen LogP contribution in [0.15, 0.2) is 18.2 Å². The molecule has 5 nitrogen and oxygen atoms in total. The molecule has 0 aromatic heterocycles. The fourth-order valence-electron chi connectivity index (χ4n) is 1.36. The van der Waals surface area contributed by atoms with Crippen LogP contribution in [-0.4, -0.2) is 37.5 Å². The van der Waals surface area contributed by atoms with Crippen LogP contribution in [0.1, 0.15) is 17.3 Å². The predicted octanol–water partition coefficient (Wildman–Crippen LogP) is 1.37. The Balaban J connectivity index is 2.82. The van der Waals surface area contributed by atoms with E-state index < -0.39 is 21.6 Å². The van der Waals surface area contributed by atoms with Gasteiger partial charge >= 0.3 is 5.97 Å². The minimum absolute atomic E-state index is 0.00224. The van der Waals surface area contributed by atoms with E-state index in [-0.39, 0.29) is 29.3 Å². The Morgan fingerprint density at radius 1 is 1.44 bits per heavy atom. The van der Waals surface area contributed by atoms with Gasteiger partial charge in [0, 0.05) is 12.3 Å². The summed E-state index contributed by atoms with van der Waals surface area (Å²) in [5.74, 6) is -2.16. The van der Waals surface area contributed by atoms with E-state index in [0.717, 1.165) is 6.07 Å². The number of sulfone groups is 1. The summed E-state index contributed by atoms with van der Waals surface area (Å²) in [4.78, 5) is 10.9. The summed E-state index contributed by atoms with van der Waals surface area (Å²) >= 11 is 0. The Morgan fingerprint density at radius 3 is 2.67 bits per heavy atom. The van der Waals surface area contributed by atoms with Gasteiger partial charge in [0.25, 0.3) is 0 Å². The Kier molecular flexibility index (Phi) is 4.66. The molecule has 0 bridgehead atoms. The highest BCUT2D eigenvalue weighted by atomic mass is 32.2. The average molecular weight is 275 g/mol. The van der Waals surface area contributed by atoms with Crippen molar-refractivity contribution in [1.82, 2.24) is 0 Å². The van der Waals surface area contributed by atoms with Crippen LogP contribution in [0.3, 0.4) is 0 Å². The van der Waals surface area contributed by atoms with Crippen molar-refractivity contribution >= 4 is 21.5 Å². The van der Waals surface area contributed by atoms with Crippen LogP contribution in [0.5, 0.6) is 0 Å². The van der Waals surface area contributed by atoms with Gasteiger partial charge in [-0.15, -0.1) is 0 Å². The zero-order chi connectivity index (χ0) is 13.8. The number of anilines is 1. The lowest BCUT2D eigenvalue weighted by atomic mass is 10.1. The molecule has 0 amide bonds. The van der Waals surface area contributed by atoms with Crippen molar-refractivity contribution in [3.63, 3.8) is 0 Å². The summed E-state index contributed by atoms with van der Waals surface area (Å²) in [5.41, 5.74) is -0.403. The third-order valence-corrected chi connectivity index (χ3v) is 4.10. The molecule has 0 fully saturated rings. The largest absolute Gasteiger partial charge is 0.478 e. The fourth-order valence-corrected chi connectivity index (χ4v) is 2.06. The van der Waals surface area contributed by atoms with Crippen LogP contribution in [0.4, 0.5) is 10.1 Å². The first-order chi connectivity index (χ1) is 8.37. The molecule has 0 atom stereocenters. The van der Waals surface area contributed by atoms with Gasteiger partial charge in [0.2, 0.25) is 0 Å². The Hall–Kier alpha value is -1.63. The predicted molar refractivity (Wildman–Crippen MR) is 66.2 cm³/mol. The van der Waals surface area contributed by atoms with Crippen LogP contribution in [0, 0.1) is 5.82 Å². The quantitative estimate of drug-likeness (QED) is 0.819. The lowest BCUT2D eigenvalue weighted by Crippen LogP contribution is -2.19. The molecule has 0 unspecified atom stereocenters. The topological polar surface area (TPSA) is 83.5 Å². The van der Waals surface area contributed by atoms with Gasteiger partial charge in [-0.2, -0.15) is 0 Å². The number of rotatable bonds is 6. The van der Waals surface area contributed by atoms with E-state index in [1.807, 2.05) is 0 Å². The lowest BCUT2D eigenvalue weighted by Gasteiger charge is -2.10. The highest BCUT2D eigenvalue weighted by molar-refractivity contribution is 7.91. The zero-order valence-corrected chi connectivity index (χ0v) is 10.6. The molecule has 0 aliphatic carbocycles. The van der Waals surface area contributed by atoms with Gasteiger partial charge in [-0.3, -0.25) is 0 Å². The van der Waals surface area contributed by atoms with Gasteiger partial charge in [0.1, 0.15) is 5.82 Å². The molecule has 18 heavy (non-hydrogen) atoms. The van der Waals surface area contributed by atoms with Gasteiger partial charge in [0.15, 0.2) is 9.84 Å². The zero-order valence-electron chi connectivity index (χ0n) is 9.81. The summed E-state index contributed by atoms with van der Waals surface area (Å²) < 4.78 is 35.9. The first-order valence-corrected chi connectivity index (χ1v) is 7.15. The highest BCUT2D eigenvalue weighted by Gasteiger charge is 2.14. The Bertz CT molecular complexity index is 542. The second-order valence-electron chi connectivity index (χ2n) is 3.63. The molecule has 0 heterocycles. The van der Waals surface area contributed by atoms with Gasteiger partial charge in [0.05, 0.1) is 17.0 Å². The first-order valence-electron chi connectivity index (χ1n) is 5.33. The summed E-state index contributed by atoms with van der Waals surface area (Å²) in [7, 11) is -3.17. The summed E-state index contributed by atoms with van der Waals surface area (Å²) in [6, 6.07) is 3.65. The second-order valence-corrected chi connectivity index (χ2v) is 6.10. The normalized spacial score (nSPS) is 11.2. The van der Waals surface area contributed by atoms with E-state index in [0.29, 0.717) is 0 Å². The van der Waals surface area contributed by atoms with Crippen molar-refractivity contribution in [3.8, 4) is 0 Å². The number of halogens is 1. The van der Waals surface area contributed by atoms with Crippen LogP contribution < -0.4 is 5.32 Å². The van der Waals surface area contributed by atoms with Crippen LogP contribution in [0.2, 0.25) is 0 Å². The molecular formula is C11H14FNO4S. The number of para-hydroxylation sites is 1. The molecule has 1 aromatic rings. The fraction of sp³-hybridized carbons (Fsp3) is 0.364. The monoisotopic (exact) mass is 275 g/mol. The molecule has 1 aromatic carbocycles. The molecule has 0 radical (unpaired) electrons. The number of aromatic carboxylic acids is 1. The molecule has 2 N–H and O–H groups in total. The van der Waals surface area contributed by atoms with Gasteiger partial charge in [-0.25, -0.2) is 17.6 Å². The number of hydrogen-bond acceptors (Lipinski definition) is 4. The summed E-state index contributed by atoms with van der Waals surface area (Å²) in [5, 5.41) is 11.4. The molecule has 100 valence electrons. The van der Waals surface area contributed by atoms with Gasteiger partial charge < -0.3 is 10.4 Å². The van der Waals surface area contributed by atoms with E-state index in [1.165, 1.54) is 19.1 Å². The van der Waals surface area contributed by atoms with E-state index in [9.17, 15) is 17.6 Å². The molecule has 7 heteroatoms. The average Bonchev–Trinajstić information content (AvgIpc) is 2.30. The third kappa shape index (κ3) is 3.69. The van der Waals surface area contributed by atoms with E-state index in [4.69, 9.17) is 5.11 Å². The first kappa shape index (κ1) is 14.4. The maximum Gasteiger partial charge on any atom is 0.337 e. The van der Waals surface area contributed by atoms with E-state index in [2.05, 4.69) is 5.32 Å². The smallest absolute Gasteiger partial charge is 0.337 e. The minimum atomic E-state index is -3.17. The number of nitrogens with one attached hydrogen (secondary N) is 1. The number of carbonyl (C=O) groups is 1. The molecule has 0 aliphatic heterocycles. The van der Waals surface area contributed by atoms with Crippen molar-refractivity contribution in [2.45, 2.75) is 6.92 Å². The molecule has 0 aliphatic rings. The number of benzene rings is 1. The minimum Gasteiger partial charge on any atom is -0.478 e. The summed E-state index contributed by atoms with van der Waals surface area (Å²) in [6.07, 6.45) is 0. The van der Waals surface area contributed by atoms with Crippen LogP contribution in [-0.2, 0) is 9.84 Å². The molecule has 1 rings (SSSR count). The summed E-state index contributed by atoms with van der Waals surface area (Å²) in [6.45, 7) is 1.48. The van der Waals surface area contributed by atoms with Crippen LogP contribution >= 0.6 is 0 Å². The molecule has 0 saturated carbocycles. The van der Waals surface area contributed by atoms with Crippen molar-refractivity contribution in [2.75, 3.05) is 23.4 Å². The number of carboxylic acid groups (broad SMARTS) is 1. The van der Waals surface area contributed by atoms with Gasteiger partial charge in [-0.1, -0.05) is 13.0 Å². The highest BCUT2D eigenvalue weighted by Crippen LogP contribution is 2.19. The standard InChI is InChI=1S/C11H14FNO4S/c1-2-18(16,17)7-6-13-10-8(11(14)15)4-3-5-9(10)12/h3-5,13H,2,6-7H2,1H3,(H,14,15). The van der Waals surface area contributed by atoms with Crippen molar-refractivity contribution in [3.05, 3.63) is 29.6 Å². The lowest BCUT2D eigenvalue weighted by molar-refractivity contribution is 0.0697. The number of carboxylic acids is 1. The van der Waals surface area contributed by atoms with E-state index >= 15 is 0 Å². The Labute approximate surface area is 105 Å². The van der Waals surface area contributed by atoms with Crippen molar-refractivity contribution < 1.29 is 22.7 Å². The SMILES string of the molecule is CCS(=O)(=O)CCNc1c(F)cccc1C(=O)O. The number of hydrogen-bond donors (Lipinski definition) is 2.